The first-order valence-electron chi connectivity index (χ1n) is 10.2. The number of aromatic nitrogens is 1. The number of nitrogens with zero attached hydrogens (tertiary/aromatic N) is 2. The second kappa shape index (κ2) is 10.4. The molecule has 0 aliphatic heterocycles. The predicted molar refractivity (Wildman–Crippen MR) is 120 cm³/mol. The Bertz CT molecular complexity index is 1070. The minimum atomic E-state index is -3.76. The zero-order chi connectivity index (χ0) is 23.3. The molecule has 0 atom stereocenters. The Balaban J connectivity index is 2.21. The van der Waals surface area contributed by atoms with Crippen LogP contribution in [0.4, 0.5) is 0 Å². The van der Waals surface area contributed by atoms with Gasteiger partial charge in [0.1, 0.15) is 0 Å². The highest BCUT2D eigenvalue weighted by molar-refractivity contribution is 7.89. The molecule has 170 valence electrons. The third-order valence-electron chi connectivity index (χ3n) is 5.16. The maximum atomic E-state index is 12.7. The molecule has 0 unspecified atom stereocenters. The van der Waals surface area contributed by atoms with Crippen molar-refractivity contribution in [2.24, 2.45) is 0 Å². The highest BCUT2D eigenvalue weighted by Crippen LogP contribution is 2.24. The molecule has 0 aliphatic rings. The van der Waals surface area contributed by atoms with Crippen molar-refractivity contribution in [2.75, 3.05) is 19.7 Å². The molecule has 1 aromatic carbocycles. The monoisotopic (exact) mass is 468 g/mol. The summed E-state index contributed by atoms with van der Waals surface area (Å²) in [6.07, 6.45) is 0.935. The summed E-state index contributed by atoms with van der Waals surface area (Å²) in [5, 5.41) is 0.0528. The number of hydrogen-bond donors (Lipinski definition) is 0. The number of esters is 1. The van der Waals surface area contributed by atoms with Gasteiger partial charge < -0.3 is 9.30 Å². The van der Waals surface area contributed by atoms with E-state index in [0.29, 0.717) is 18.7 Å². The maximum Gasteiger partial charge on any atom is 0.340 e. The first kappa shape index (κ1) is 25.1. The maximum absolute atomic E-state index is 12.7. The molecule has 0 amide bonds. The molecule has 0 spiro atoms. The summed E-state index contributed by atoms with van der Waals surface area (Å²) < 4.78 is 34.0. The van der Waals surface area contributed by atoms with Gasteiger partial charge in [-0.25, -0.2) is 13.2 Å². The number of ether oxygens (including phenoxy) is 1. The number of rotatable bonds is 10. The van der Waals surface area contributed by atoms with Crippen LogP contribution in [0.2, 0.25) is 5.02 Å². The van der Waals surface area contributed by atoms with Crippen LogP contribution >= 0.6 is 11.6 Å². The smallest absolute Gasteiger partial charge is 0.340 e. The first-order chi connectivity index (χ1) is 14.6. The Hall–Kier alpha value is -2.16. The van der Waals surface area contributed by atoms with E-state index in [1.54, 1.807) is 19.9 Å². The highest BCUT2D eigenvalue weighted by atomic mass is 35.5. The topological polar surface area (TPSA) is 85.7 Å². The van der Waals surface area contributed by atoms with Crippen LogP contribution in [0, 0.1) is 13.8 Å². The zero-order valence-electron chi connectivity index (χ0n) is 18.6. The number of sulfonamides is 1. The van der Waals surface area contributed by atoms with Gasteiger partial charge in [0.2, 0.25) is 15.8 Å². The molecule has 0 aliphatic carbocycles. The molecule has 2 rings (SSSR count). The SMILES string of the molecule is CCCn1c(C)cc(C(=O)COC(=O)c2cc(S(=O)(=O)N(CC)CC)ccc2Cl)c1C. The van der Waals surface area contributed by atoms with Crippen molar-refractivity contribution >= 4 is 33.4 Å². The average molecular weight is 469 g/mol. The summed E-state index contributed by atoms with van der Waals surface area (Å²) in [5.41, 5.74) is 2.19. The van der Waals surface area contributed by atoms with Gasteiger partial charge in [-0.3, -0.25) is 4.79 Å². The second-order valence-corrected chi connectivity index (χ2v) is 9.51. The third-order valence-corrected chi connectivity index (χ3v) is 7.53. The molecule has 0 radical (unpaired) electrons. The largest absolute Gasteiger partial charge is 0.454 e. The fourth-order valence-corrected chi connectivity index (χ4v) is 5.15. The van der Waals surface area contributed by atoms with E-state index in [1.165, 1.54) is 22.5 Å². The zero-order valence-corrected chi connectivity index (χ0v) is 20.1. The summed E-state index contributed by atoms with van der Waals surface area (Å²) in [4.78, 5) is 25.1. The van der Waals surface area contributed by atoms with Crippen molar-refractivity contribution in [3.05, 3.63) is 51.8 Å². The number of carbonyl (C=O) groups is 2. The summed E-state index contributed by atoms with van der Waals surface area (Å²) in [6.45, 7) is 10.2. The summed E-state index contributed by atoms with van der Waals surface area (Å²) >= 11 is 6.11. The molecule has 7 nitrogen and oxygen atoms in total. The van der Waals surface area contributed by atoms with E-state index in [2.05, 4.69) is 6.92 Å². The fourth-order valence-electron chi connectivity index (χ4n) is 3.47. The van der Waals surface area contributed by atoms with Crippen LogP contribution in [-0.2, 0) is 21.3 Å². The van der Waals surface area contributed by atoms with Crippen LogP contribution in [0.5, 0.6) is 0 Å². The molecule has 0 saturated carbocycles. The van der Waals surface area contributed by atoms with Gasteiger partial charge in [-0.2, -0.15) is 4.31 Å². The van der Waals surface area contributed by atoms with Crippen LogP contribution in [-0.4, -0.2) is 48.7 Å². The molecule has 31 heavy (non-hydrogen) atoms. The van der Waals surface area contributed by atoms with E-state index in [1.807, 2.05) is 18.4 Å². The normalized spacial score (nSPS) is 11.7. The van der Waals surface area contributed by atoms with Gasteiger partial charge >= 0.3 is 5.97 Å². The molecule has 1 heterocycles. The van der Waals surface area contributed by atoms with E-state index in [0.717, 1.165) is 24.4 Å². The van der Waals surface area contributed by atoms with Crippen molar-refractivity contribution in [3.8, 4) is 0 Å². The third kappa shape index (κ3) is 5.37. The van der Waals surface area contributed by atoms with Gasteiger partial charge in [0.05, 0.1) is 15.5 Å². The number of carbonyl (C=O) groups excluding carboxylic acids is 2. The highest BCUT2D eigenvalue weighted by Gasteiger charge is 2.25. The van der Waals surface area contributed by atoms with E-state index in [4.69, 9.17) is 16.3 Å². The Morgan fingerprint density at radius 3 is 2.29 bits per heavy atom. The Labute approximate surface area is 189 Å². The van der Waals surface area contributed by atoms with E-state index in [9.17, 15) is 18.0 Å². The first-order valence-corrected chi connectivity index (χ1v) is 12.1. The van der Waals surface area contributed by atoms with Crippen LogP contribution in [0.15, 0.2) is 29.2 Å². The molecule has 1 aromatic heterocycles. The molecular weight excluding hydrogens is 440 g/mol. The average Bonchev–Trinajstić information content (AvgIpc) is 3.01. The molecule has 2 aromatic rings. The Morgan fingerprint density at radius 1 is 1.06 bits per heavy atom. The summed E-state index contributed by atoms with van der Waals surface area (Å²) in [7, 11) is -3.76. The van der Waals surface area contributed by atoms with Gasteiger partial charge in [0.15, 0.2) is 6.61 Å². The Morgan fingerprint density at radius 2 is 1.71 bits per heavy atom. The molecule has 0 bridgehead atoms. The molecule has 0 saturated heterocycles. The van der Waals surface area contributed by atoms with Gasteiger partial charge in [0.25, 0.3) is 0 Å². The standard InChI is InChI=1S/C22H29ClN2O5S/c1-6-11-25-15(4)12-18(16(25)5)21(26)14-30-22(27)19-13-17(9-10-20(19)23)31(28,29)24(7-2)8-3/h9-10,12-13H,6-8,11,14H2,1-5H3. The minimum absolute atomic E-state index is 0.0528. The van der Waals surface area contributed by atoms with Crippen molar-refractivity contribution in [3.63, 3.8) is 0 Å². The molecule has 0 N–H and O–H groups in total. The quantitative estimate of drug-likeness (QED) is 0.384. The van der Waals surface area contributed by atoms with Gasteiger partial charge in [-0.05, 0) is 44.5 Å². The molecule has 0 fully saturated rings. The lowest BCUT2D eigenvalue weighted by atomic mass is 10.1. The summed E-state index contributed by atoms with van der Waals surface area (Å²) in [6, 6.07) is 5.66. The van der Waals surface area contributed by atoms with E-state index in [-0.39, 0.29) is 21.3 Å². The molecule has 9 heteroatoms. The number of aryl methyl sites for hydroxylation is 1. The lowest BCUT2D eigenvalue weighted by molar-refractivity contribution is 0.0474. The summed E-state index contributed by atoms with van der Waals surface area (Å²) in [5.74, 6) is -1.18. The van der Waals surface area contributed by atoms with Gasteiger partial charge in [-0.1, -0.05) is 32.4 Å². The van der Waals surface area contributed by atoms with Crippen LogP contribution < -0.4 is 0 Å². The number of halogens is 1. The lowest BCUT2D eigenvalue weighted by Crippen LogP contribution is -2.30. The second-order valence-electron chi connectivity index (χ2n) is 7.17. The van der Waals surface area contributed by atoms with Gasteiger partial charge in [0, 0.05) is 36.6 Å². The van der Waals surface area contributed by atoms with Crippen LogP contribution in [0.25, 0.3) is 0 Å². The lowest BCUT2D eigenvalue weighted by Gasteiger charge is -2.19. The van der Waals surface area contributed by atoms with E-state index >= 15 is 0 Å². The minimum Gasteiger partial charge on any atom is -0.454 e. The predicted octanol–water partition coefficient (Wildman–Crippen LogP) is 4.24. The van der Waals surface area contributed by atoms with Crippen LogP contribution in [0.1, 0.15) is 59.3 Å². The van der Waals surface area contributed by atoms with Crippen molar-refractivity contribution in [1.82, 2.24) is 8.87 Å². The van der Waals surface area contributed by atoms with Gasteiger partial charge in [-0.15, -0.1) is 0 Å². The number of benzene rings is 1. The fraction of sp³-hybridized carbons (Fsp3) is 0.455. The number of hydrogen-bond acceptors (Lipinski definition) is 5. The van der Waals surface area contributed by atoms with E-state index < -0.39 is 22.6 Å². The van der Waals surface area contributed by atoms with Crippen molar-refractivity contribution in [1.29, 1.82) is 0 Å². The van der Waals surface area contributed by atoms with Crippen molar-refractivity contribution < 1.29 is 22.7 Å². The Kier molecular flexibility index (Phi) is 8.45. The number of ketones is 1. The van der Waals surface area contributed by atoms with Crippen molar-refractivity contribution in [2.45, 2.75) is 52.5 Å². The molecular formula is C22H29ClN2O5S. The van der Waals surface area contributed by atoms with Crippen LogP contribution in [0.3, 0.4) is 0 Å². The number of Topliss-reactive ketones (excluding diaryl/α,β-unsaturated/α-hetero) is 1.